The fraction of sp³-hybridized carbons (Fsp3) is 0.161. The van der Waals surface area contributed by atoms with Crippen LogP contribution in [0.4, 0.5) is 11.4 Å². The molecular formula is C31H26N4O6. The molecule has 0 saturated heterocycles. The molecule has 10 nitrogen and oxygen atoms in total. The van der Waals surface area contributed by atoms with Crippen LogP contribution in [-0.4, -0.2) is 33.5 Å². The van der Waals surface area contributed by atoms with E-state index in [0.717, 1.165) is 17.2 Å². The number of amides is 1. The van der Waals surface area contributed by atoms with Gasteiger partial charge in [0.15, 0.2) is 0 Å². The van der Waals surface area contributed by atoms with Gasteiger partial charge >= 0.3 is 0 Å². The molecular weight excluding hydrogens is 524 g/mol. The summed E-state index contributed by atoms with van der Waals surface area (Å²) in [4.78, 5) is 34.6. The van der Waals surface area contributed by atoms with Crippen LogP contribution >= 0.6 is 0 Å². The zero-order chi connectivity index (χ0) is 29.4. The minimum Gasteiger partial charge on any atom is -0.396 e. The van der Waals surface area contributed by atoms with Crippen molar-refractivity contribution >= 4 is 17.3 Å². The molecule has 0 fully saturated rings. The second kappa shape index (κ2) is 13.1. The Hall–Kier alpha value is -5.40. The average Bonchev–Trinajstić information content (AvgIpc) is 2.99. The van der Waals surface area contributed by atoms with Crippen LogP contribution in [0.2, 0.25) is 0 Å². The Morgan fingerprint density at radius 3 is 2.20 bits per heavy atom. The Labute approximate surface area is 235 Å². The number of non-ortho nitro benzene ring substituents is 1. The first kappa shape index (κ1) is 28.6. The number of nitro benzene ring substituents is 2. The summed E-state index contributed by atoms with van der Waals surface area (Å²) in [5.74, 6) is -0.741. The number of nitrogens with one attached hydrogen (secondary N) is 1. The molecule has 0 saturated carbocycles. The van der Waals surface area contributed by atoms with Gasteiger partial charge in [-0.1, -0.05) is 54.6 Å². The van der Waals surface area contributed by atoms with Crippen LogP contribution in [0.5, 0.6) is 0 Å². The fourth-order valence-electron chi connectivity index (χ4n) is 4.69. The molecule has 206 valence electrons. The van der Waals surface area contributed by atoms with Crippen molar-refractivity contribution in [3.63, 3.8) is 0 Å². The van der Waals surface area contributed by atoms with Gasteiger partial charge in [0.05, 0.1) is 33.1 Å². The third-order valence-electron chi connectivity index (χ3n) is 6.82. The lowest BCUT2D eigenvalue weighted by Crippen LogP contribution is -2.44. The van der Waals surface area contributed by atoms with Crippen molar-refractivity contribution in [3.8, 4) is 17.2 Å². The molecule has 0 radical (unpaired) electrons. The van der Waals surface area contributed by atoms with E-state index in [4.69, 9.17) is 0 Å². The lowest BCUT2D eigenvalue weighted by atomic mass is 9.88. The molecule has 0 aliphatic heterocycles. The van der Waals surface area contributed by atoms with Gasteiger partial charge < -0.3 is 10.4 Å². The molecule has 41 heavy (non-hydrogen) atoms. The maximum Gasteiger partial charge on any atom is 0.284 e. The summed E-state index contributed by atoms with van der Waals surface area (Å²) in [7, 11) is 0. The molecule has 2 unspecified atom stereocenters. The first-order chi connectivity index (χ1) is 19.8. The summed E-state index contributed by atoms with van der Waals surface area (Å²) in [5.41, 5.74) is 2.47. The number of benzene rings is 4. The van der Waals surface area contributed by atoms with Gasteiger partial charge in [-0.3, -0.25) is 25.0 Å². The SMILES string of the molecule is N#Cc1cccc(CC(CO)C(Cc2ccccc2)NC(=O)c2ccc(-c3ccc([N+](=O)[O-])cc3[N+](=O)[O-])cc2)c1. The number of nitro groups is 2. The molecule has 1 amide bonds. The normalized spacial score (nSPS) is 12.1. The molecule has 0 aliphatic carbocycles. The number of carbonyl (C=O) groups excluding carboxylic acids is 1. The summed E-state index contributed by atoms with van der Waals surface area (Å²) in [6.07, 6.45) is 0.898. The molecule has 0 spiro atoms. The highest BCUT2D eigenvalue weighted by Gasteiger charge is 2.25. The highest BCUT2D eigenvalue weighted by molar-refractivity contribution is 5.95. The highest BCUT2D eigenvalue weighted by atomic mass is 16.6. The second-order valence-corrected chi connectivity index (χ2v) is 9.52. The molecule has 4 aromatic carbocycles. The van der Waals surface area contributed by atoms with Gasteiger partial charge in [-0.15, -0.1) is 0 Å². The van der Waals surface area contributed by atoms with E-state index < -0.39 is 27.3 Å². The van der Waals surface area contributed by atoms with E-state index in [-0.39, 0.29) is 24.0 Å². The van der Waals surface area contributed by atoms with Crippen LogP contribution in [0.25, 0.3) is 11.1 Å². The van der Waals surface area contributed by atoms with Crippen molar-refractivity contribution in [2.24, 2.45) is 5.92 Å². The van der Waals surface area contributed by atoms with Gasteiger partial charge in [0.25, 0.3) is 17.3 Å². The van der Waals surface area contributed by atoms with E-state index in [2.05, 4.69) is 11.4 Å². The van der Waals surface area contributed by atoms with E-state index >= 15 is 0 Å². The van der Waals surface area contributed by atoms with Gasteiger partial charge in [0.2, 0.25) is 0 Å². The van der Waals surface area contributed by atoms with Crippen molar-refractivity contribution in [1.82, 2.24) is 5.32 Å². The monoisotopic (exact) mass is 550 g/mol. The smallest absolute Gasteiger partial charge is 0.284 e. The molecule has 0 bridgehead atoms. The summed E-state index contributed by atoms with van der Waals surface area (Å²) in [6.45, 7) is -0.197. The summed E-state index contributed by atoms with van der Waals surface area (Å²) in [5, 5.41) is 45.2. The fourth-order valence-corrected chi connectivity index (χ4v) is 4.69. The molecule has 2 atom stereocenters. The Balaban J connectivity index is 1.58. The Morgan fingerprint density at radius 1 is 0.854 bits per heavy atom. The van der Waals surface area contributed by atoms with Crippen LogP contribution in [0.15, 0.2) is 97.1 Å². The van der Waals surface area contributed by atoms with Crippen LogP contribution in [0.1, 0.15) is 27.0 Å². The number of rotatable bonds is 11. The van der Waals surface area contributed by atoms with Crippen LogP contribution < -0.4 is 5.32 Å². The third-order valence-corrected chi connectivity index (χ3v) is 6.82. The van der Waals surface area contributed by atoms with Crippen molar-refractivity contribution in [1.29, 1.82) is 5.26 Å². The number of carbonyl (C=O) groups is 1. The number of nitrogens with zero attached hydrogens (tertiary/aromatic N) is 3. The summed E-state index contributed by atoms with van der Waals surface area (Å²) < 4.78 is 0. The van der Waals surface area contributed by atoms with Crippen molar-refractivity contribution in [2.45, 2.75) is 18.9 Å². The van der Waals surface area contributed by atoms with Crippen molar-refractivity contribution in [2.75, 3.05) is 6.61 Å². The summed E-state index contributed by atoms with van der Waals surface area (Å²) in [6, 6.07) is 27.9. The van der Waals surface area contributed by atoms with E-state index in [9.17, 15) is 35.4 Å². The number of hydrogen-bond acceptors (Lipinski definition) is 7. The molecule has 0 aromatic heterocycles. The van der Waals surface area contributed by atoms with Gasteiger partial charge in [-0.2, -0.15) is 5.26 Å². The Kier molecular flexibility index (Phi) is 9.14. The lowest BCUT2D eigenvalue weighted by molar-refractivity contribution is -0.393. The lowest BCUT2D eigenvalue weighted by Gasteiger charge is -2.27. The Bertz CT molecular complexity index is 1600. The minimum atomic E-state index is -0.698. The van der Waals surface area contributed by atoms with Gasteiger partial charge in [-0.25, -0.2) is 0 Å². The maximum absolute atomic E-state index is 13.3. The maximum atomic E-state index is 13.3. The topological polar surface area (TPSA) is 159 Å². The second-order valence-electron chi connectivity index (χ2n) is 9.52. The van der Waals surface area contributed by atoms with Crippen molar-refractivity contribution < 1.29 is 19.7 Å². The van der Waals surface area contributed by atoms with Crippen molar-refractivity contribution in [3.05, 3.63) is 140 Å². The first-order valence-electron chi connectivity index (χ1n) is 12.8. The summed E-state index contributed by atoms with van der Waals surface area (Å²) >= 11 is 0. The predicted molar refractivity (Wildman–Crippen MR) is 152 cm³/mol. The molecule has 4 rings (SSSR count). The van der Waals surface area contributed by atoms with Gasteiger partial charge in [0, 0.05) is 30.2 Å². The molecule has 10 heteroatoms. The molecule has 4 aromatic rings. The molecule has 2 N–H and O–H groups in total. The standard InChI is InChI=1S/C31H26N4O6/c32-19-23-8-4-7-22(15-23)16-26(20-36)29(17-21-5-2-1-3-6-21)33-31(37)25-11-9-24(10-12-25)28-14-13-27(34(38)39)18-30(28)35(40)41/h1-15,18,26,29,36H,16-17,20H2,(H,33,37). The zero-order valence-electron chi connectivity index (χ0n) is 21.8. The molecule has 0 aliphatic rings. The average molecular weight is 551 g/mol. The third kappa shape index (κ3) is 7.17. The van der Waals surface area contributed by atoms with Crippen LogP contribution in [-0.2, 0) is 12.8 Å². The zero-order valence-corrected chi connectivity index (χ0v) is 21.8. The largest absolute Gasteiger partial charge is 0.396 e. The van der Waals surface area contributed by atoms with E-state index in [0.29, 0.717) is 29.5 Å². The highest BCUT2D eigenvalue weighted by Crippen LogP contribution is 2.33. The number of nitriles is 1. The van der Waals surface area contributed by atoms with E-state index in [1.165, 1.54) is 24.3 Å². The minimum absolute atomic E-state index is 0.189. The first-order valence-corrected chi connectivity index (χ1v) is 12.8. The number of hydrogen-bond donors (Lipinski definition) is 2. The van der Waals surface area contributed by atoms with E-state index in [1.807, 2.05) is 36.4 Å². The van der Waals surface area contributed by atoms with Gasteiger partial charge in [0.1, 0.15) is 0 Å². The predicted octanol–water partition coefficient (Wildman–Crippen LogP) is 5.23. The van der Waals surface area contributed by atoms with Gasteiger partial charge in [-0.05, 0) is 59.9 Å². The molecule has 0 heterocycles. The Morgan fingerprint density at radius 2 is 1.56 bits per heavy atom. The number of aliphatic hydroxyl groups is 1. The van der Waals surface area contributed by atoms with E-state index in [1.54, 1.807) is 30.3 Å². The quantitative estimate of drug-likeness (QED) is 0.191. The van der Waals surface area contributed by atoms with Crippen LogP contribution in [0, 0.1) is 37.5 Å². The number of aliphatic hydroxyl groups excluding tert-OH is 1. The van der Waals surface area contributed by atoms with Crippen LogP contribution in [0.3, 0.4) is 0 Å².